The molecule has 1 aliphatic rings. The summed E-state index contributed by atoms with van der Waals surface area (Å²) in [4.78, 5) is 13.0. The lowest BCUT2D eigenvalue weighted by molar-refractivity contribution is 0.0729. The summed E-state index contributed by atoms with van der Waals surface area (Å²) in [5.74, 6) is 0.381. The lowest BCUT2D eigenvalue weighted by Gasteiger charge is -2.26. The lowest BCUT2D eigenvalue weighted by atomic mass is 10.1. The molecule has 34 heavy (non-hydrogen) atoms. The van der Waals surface area contributed by atoms with Gasteiger partial charge < -0.3 is 14.8 Å². The molecule has 0 bridgehead atoms. The van der Waals surface area contributed by atoms with Gasteiger partial charge in [0.25, 0.3) is 5.91 Å². The third-order valence-corrected chi connectivity index (χ3v) is 7.49. The molecule has 1 fully saturated rings. The van der Waals surface area contributed by atoms with Crippen molar-refractivity contribution < 1.29 is 22.7 Å². The molecule has 1 aliphatic heterocycles. The minimum atomic E-state index is -3.47. The molecule has 0 aromatic heterocycles. The summed E-state index contributed by atoms with van der Waals surface area (Å²) < 4.78 is 38.3. The van der Waals surface area contributed by atoms with E-state index < -0.39 is 10.0 Å². The number of benzene rings is 3. The van der Waals surface area contributed by atoms with E-state index in [1.165, 1.54) is 4.31 Å². The van der Waals surface area contributed by atoms with Gasteiger partial charge in [-0.05, 0) is 29.3 Å². The zero-order valence-electron chi connectivity index (χ0n) is 18.9. The van der Waals surface area contributed by atoms with Crippen LogP contribution in [0.4, 0.5) is 0 Å². The van der Waals surface area contributed by atoms with E-state index >= 15 is 0 Å². The molecule has 4 rings (SSSR count). The van der Waals surface area contributed by atoms with E-state index in [0.717, 1.165) is 16.9 Å². The van der Waals surface area contributed by atoms with Gasteiger partial charge in [-0.2, -0.15) is 4.31 Å². The lowest BCUT2D eigenvalue weighted by Crippen LogP contribution is -2.41. The molecule has 3 aromatic carbocycles. The number of morpholine rings is 1. The Hall–Kier alpha value is -3.20. The number of nitrogens with one attached hydrogen (secondary N) is 1. The van der Waals surface area contributed by atoms with Crippen LogP contribution in [0.3, 0.4) is 0 Å². The highest BCUT2D eigenvalue weighted by Gasteiger charge is 2.25. The van der Waals surface area contributed by atoms with E-state index in [1.807, 2.05) is 66.7 Å². The van der Waals surface area contributed by atoms with Crippen molar-refractivity contribution >= 4 is 15.9 Å². The number of amides is 1. The van der Waals surface area contributed by atoms with Crippen LogP contribution >= 0.6 is 0 Å². The first-order chi connectivity index (χ1) is 16.5. The van der Waals surface area contributed by atoms with Crippen LogP contribution in [0.5, 0.6) is 5.75 Å². The Labute approximate surface area is 200 Å². The number of hydrogen-bond acceptors (Lipinski definition) is 5. The fraction of sp³-hybridized carbons (Fsp3) is 0.269. The first kappa shape index (κ1) is 23.9. The zero-order chi connectivity index (χ0) is 23.8. The van der Waals surface area contributed by atoms with Crippen LogP contribution in [0, 0.1) is 0 Å². The van der Waals surface area contributed by atoms with Crippen LogP contribution < -0.4 is 10.1 Å². The van der Waals surface area contributed by atoms with Crippen LogP contribution in [-0.4, -0.2) is 44.9 Å². The van der Waals surface area contributed by atoms with Gasteiger partial charge >= 0.3 is 0 Å². The second-order valence-corrected chi connectivity index (χ2v) is 9.95. The topological polar surface area (TPSA) is 84.9 Å². The number of para-hydroxylation sites is 1. The van der Waals surface area contributed by atoms with Crippen LogP contribution in [0.1, 0.15) is 27.0 Å². The summed E-state index contributed by atoms with van der Waals surface area (Å²) in [6.45, 7) is 2.03. The second kappa shape index (κ2) is 11.3. The molecule has 3 aromatic rings. The SMILES string of the molecule is O=C(NCc1ccccc1CS(=O)(=O)N1CCOCC1)c1ccccc1COc1ccccc1. The van der Waals surface area contributed by atoms with Crippen molar-refractivity contribution in [3.63, 3.8) is 0 Å². The van der Waals surface area contributed by atoms with Crippen molar-refractivity contribution in [2.75, 3.05) is 26.3 Å². The number of ether oxygens (including phenoxy) is 2. The summed E-state index contributed by atoms with van der Waals surface area (Å²) in [6.07, 6.45) is 0. The van der Waals surface area contributed by atoms with Crippen LogP contribution in [0.2, 0.25) is 0 Å². The number of sulfonamides is 1. The highest BCUT2D eigenvalue weighted by atomic mass is 32.2. The molecule has 178 valence electrons. The molecule has 0 atom stereocenters. The smallest absolute Gasteiger partial charge is 0.251 e. The third kappa shape index (κ3) is 6.22. The summed E-state index contributed by atoms with van der Waals surface area (Å²) in [5.41, 5.74) is 2.74. The molecule has 1 amide bonds. The van der Waals surface area contributed by atoms with Gasteiger partial charge in [0.2, 0.25) is 10.0 Å². The number of carbonyl (C=O) groups is 1. The van der Waals surface area contributed by atoms with Crippen molar-refractivity contribution in [3.8, 4) is 5.75 Å². The molecule has 1 N–H and O–H groups in total. The van der Waals surface area contributed by atoms with Crippen LogP contribution in [-0.2, 0) is 33.7 Å². The molecular formula is C26H28N2O5S. The minimum Gasteiger partial charge on any atom is -0.489 e. The van der Waals surface area contributed by atoms with Crippen LogP contribution in [0.15, 0.2) is 78.9 Å². The average Bonchev–Trinajstić information content (AvgIpc) is 2.88. The molecule has 0 spiro atoms. The maximum Gasteiger partial charge on any atom is 0.251 e. The molecular weight excluding hydrogens is 452 g/mol. The predicted octanol–water partition coefficient (Wildman–Crippen LogP) is 3.36. The summed E-state index contributed by atoms with van der Waals surface area (Å²) in [6, 6.07) is 24.0. The molecule has 7 nitrogen and oxygen atoms in total. The molecule has 0 unspecified atom stereocenters. The van der Waals surface area contributed by atoms with Crippen molar-refractivity contribution in [2.24, 2.45) is 0 Å². The van der Waals surface area contributed by atoms with Gasteiger partial charge in [-0.1, -0.05) is 60.7 Å². The average molecular weight is 481 g/mol. The number of nitrogens with zero attached hydrogens (tertiary/aromatic N) is 1. The fourth-order valence-corrected chi connectivity index (χ4v) is 5.36. The fourth-order valence-electron chi connectivity index (χ4n) is 3.80. The Balaban J connectivity index is 1.42. The Bertz CT molecular complexity index is 1210. The Morgan fingerprint density at radius 2 is 1.47 bits per heavy atom. The minimum absolute atomic E-state index is 0.111. The van der Waals surface area contributed by atoms with E-state index in [1.54, 1.807) is 12.1 Å². The van der Waals surface area contributed by atoms with E-state index in [9.17, 15) is 13.2 Å². The van der Waals surface area contributed by atoms with Crippen molar-refractivity contribution in [2.45, 2.75) is 18.9 Å². The molecule has 0 aliphatic carbocycles. The van der Waals surface area contributed by atoms with E-state index in [0.29, 0.717) is 37.4 Å². The van der Waals surface area contributed by atoms with Crippen molar-refractivity contribution in [3.05, 3.63) is 101 Å². The van der Waals surface area contributed by atoms with Gasteiger partial charge in [-0.15, -0.1) is 0 Å². The molecule has 8 heteroatoms. The maximum atomic E-state index is 13.0. The maximum absolute atomic E-state index is 13.0. The molecule has 1 heterocycles. The molecule has 0 saturated carbocycles. The van der Waals surface area contributed by atoms with Crippen molar-refractivity contribution in [1.82, 2.24) is 9.62 Å². The van der Waals surface area contributed by atoms with Crippen molar-refractivity contribution in [1.29, 1.82) is 0 Å². The first-order valence-corrected chi connectivity index (χ1v) is 12.8. The molecule has 0 radical (unpaired) electrons. The number of rotatable bonds is 9. The van der Waals surface area contributed by atoms with E-state index in [2.05, 4.69) is 5.32 Å². The predicted molar refractivity (Wildman–Crippen MR) is 130 cm³/mol. The summed E-state index contributed by atoms with van der Waals surface area (Å²) >= 11 is 0. The standard InChI is InChI=1S/C26H28N2O5S/c29-26(25-13-7-6-9-22(25)19-33-24-11-2-1-3-12-24)27-18-21-8-4-5-10-23(21)20-34(30,31)28-14-16-32-17-15-28/h1-13H,14-20H2,(H,27,29). The normalized spacial score (nSPS) is 14.5. The number of hydrogen-bond donors (Lipinski definition) is 1. The molecule has 1 saturated heterocycles. The summed E-state index contributed by atoms with van der Waals surface area (Å²) in [5, 5.41) is 2.94. The highest BCUT2D eigenvalue weighted by Crippen LogP contribution is 2.18. The monoisotopic (exact) mass is 480 g/mol. The van der Waals surface area contributed by atoms with Gasteiger partial charge in [0, 0.05) is 30.8 Å². The Kier molecular flexibility index (Phi) is 7.95. The quantitative estimate of drug-likeness (QED) is 0.508. The summed E-state index contributed by atoms with van der Waals surface area (Å²) in [7, 11) is -3.47. The number of carbonyl (C=O) groups excluding carboxylic acids is 1. The highest BCUT2D eigenvalue weighted by molar-refractivity contribution is 7.88. The largest absolute Gasteiger partial charge is 0.489 e. The Morgan fingerprint density at radius 3 is 2.21 bits per heavy atom. The van der Waals surface area contributed by atoms with Gasteiger partial charge in [0.15, 0.2) is 0 Å². The van der Waals surface area contributed by atoms with Gasteiger partial charge in [0.05, 0.1) is 19.0 Å². The van der Waals surface area contributed by atoms with Gasteiger partial charge in [-0.3, -0.25) is 4.79 Å². The van der Waals surface area contributed by atoms with E-state index in [4.69, 9.17) is 9.47 Å². The first-order valence-electron chi connectivity index (χ1n) is 11.2. The van der Waals surface area contributed by atoms with Gasteiger partial charge in [-0.25, -0.2) is 8.42 Å². The third-order valence-electron chi connectivity index (χ3n) is 5.66. The van der Waals surface area contributed by atoms with Gasteiger partial charge in [0.1, 0.15) is 12.4 Å². The Morgan fingerprint density at radius 1 is 0.853 bits per heavy atom. The second-order valence-electron chi connectivity index (χ2n) is 7.98. The van der Waals surface area contributed by atoms with E-state index in [-0.39, 0.29) is 24.8 Å². The zero-order valence-corrected chi connectivity index (χ0v) is 19.7. The van der Waals surface area contributed by atoms with Crippen LogP contribution in [0.25, 0.3) is 0 Å².